The molecule has 0 aliphatic heterocycles. The largest absolute Gasteiger partial charge is 0.493 e. The number of rotatable bonds is 9. The molecule has 210 valence electrons. The van der Waals surface area contributed by atoms with Gasteiger partial charge >= 0.3 is 0 Å². The van der Waals surface area contributed by atoms with Crippen molar-refractivity contribution < 1.29 is 22.5 Å². The highest BCUT2D eigenvalue weighted by Crippen LogP contribution is 2.43. The third kappa shape index (κ3) is 6.83. The van der Waals surface area contributed by atoms with Crippen molar-refractivity contribution in [2.24, 2.45) is 5.41 Å². The first-order valence-electron chi connectivity index (χ1n) is 12.5. The van der Waals surface area contributed by atoms with Gasteiger partial charge in [0, 0.05) is 29.3 Å². The monoisotopic (exact) mass is 583 g/mol. The summed E-state index contributed by atoms with van der Waals surface area (Å²) in [6.07, 6.45) is 0.774. The zero-order valence-corrected chi connectivity index (χ0v) is 24.5. The molecule has 0 unspecified atom stereocenters. The van der Waals surface area contributed by atoms with Crippen molar-refractivity contribution in [3.63, 3.8) is 0 Å². The smallest absolute Gasteiger partial charge is 0.270 e. The summed E-state index contributed by atoms with van der Waals surface area (Å²) in [6, 6.07) is 14.9. The van der Waals surface area contributed by atoms with Gasteiger partial charge in [-0.05, 0) is 55.0 Å². The number of nitrogens with one attached hydrogen (secondary N) is 1. The summed E-state index contributed by atoms with van der Waals surface area (Å²) in [5.74, 6) is -0.137. The fraction of sp³-hybridized carbons (Fsp3) is 0.276. The molecule has 0 radical (unpaired) electrons. The second-order valence-electron chi connectivity index (χ2n) is 10.7. The molecule has 0 saturated heterocycles. The van der Waals surface area contributed by atoms with E-state index < -0.39 is 20.8 Å². The van der Waals surface area contributed by atoms with Crippen LogP contribution in [-0.2, 0) is 10.0 Å². The molecule has 1 N–H and O–H groups in total. The summed E-state index contributed by atoms with van der Waals surface area (Å²) < 4.78 is 49.5. The van der Waals surface area contributed by atoms with Crippen molar-refractivity contribution in [2.75, 3.05) is 11.3 Å². The number of thiazole rings is 1. The predicted molar refractivity (Wildman–Crippen MR) is 156 cm³/mol. The molecule has 1 aromatic heterocycles. The van der Waals surface area contributed by atoms with E-state index in [4.69, 9.17) is 4.74 Å². The van der Waals surface area contributed by atoms with Gasteiger partial charge in [-0.25, -0.2) is 17.8 Å². The molecule has 11 heteroatoms. The highest BCUT2D eigenvalue weighted by Gasteiger charge is 2.24. The minimum Gasteiger partial charge on any atom is -0.493 e. The fourth-order valence-corrected chi connectivity index (χ4v) is 6.34. The number of hydrogen-bond acceptors (Lipinski definition) is 7. The first kappa shape index (κ1) is 29.2. The summed E-state index contributed by atoms with van der Waals surface area (Å²) in [4.78, 5) is 15.4. The number of aryl methyl sites for hydroxylation is 2. The molecule has 8 nitrogen and oxygen atoms in total. The van der Waals surface area contributed by atoms with Crippen molar-refractivity contribution in [1.82, 2.24) is 4.98 Å². The minimum atomic E-state index is -4.21. The second kappa shape index (κ2) is 11.3. The zero-order valence-electron chi connectivity index (χ0n) is 22.8. The van der Waals surface area contributed by atoms with E-state index in [1.165, 1.54) is 30.3 Å². The van der Waals surface area contributed by atoms with Crippen LogP contribution in [0.25, 0.3) is 21.7 Å². The maximum absolute atomic E-state index is 14.8. The number of non-ortho nitro benzene ring substituents is 1. The Hall–Kier alpha value is -3.83. The van der Waals surface area contributed by atoms with E-state index >= 15 is 0 Å². The van der Waals surface area contributed by atoms with Gasteiger partial charge in [0.05, 0.1) is 27.0 Å². The second-order valence-corrected chi connectivity index (χ2v) is 13.3. The number of ether oxygens (including phenoxy) is 1. The highest BCUT2D eigenvalue weighted by molar-refractivity contribution is 7.93. The van der Waals surface area contributed by atoms with E-state index in [1.807, 2.05) is 32.0 Å². The van der Waals surface area contributed by atoms with E-state index in [9.17, 15) is 22.9 Å². The number of nitrogens with zero attached hydrogens (tertiary/aromatic N) is 2. The van der Waals surface area contributed by atoms with E-state index in [0.717, 1.165) is 40.5 Å². The molecule has 0 bridgehead atoms. The van der Waals surface area contributed by atoms with Gasteiger partial charge in [-0.3, -0.25) is 14.8 Å². The Morgan fingerprint density at radius 3 is 2.38 bits per heavy atom. The number of hydrogen-bond donors (Lipinski definition) is 1. The molecule has 3 aromatic carbocycles. The van der Waals surface area contributed by atoms with Gasteiger partial charge < -0.3 is 4.74 Å². The van der Waals surface area contributed by atoms with Crippen LogP contribution >= 0.6 is 11.3 Å². The van der Waals surface area contributed by atoms with E-state index in [1.54, 1.807) is 6.07 Å². The third-order valence-corrected chi connectivity index (χ3v) is 8.65. The van der Waals surface area contributed by atoms with Crippen molar-refractivity contribution >= 4 is 32.2 Å². The van der Waals surface area contributed by atoms with Crippen LogP contribution in [0.15, 0.2) is 65.6 Å². The van der Waals surface area contributed by atoms with Crippen LogP contribution < -0.4 is 9.46 Å². The summed E-state index contributed by atoms with van der Waals surface area (Å²) >= 11 is 1.04. The molecule has 0 aliphatic rings. The number of sulfonamides is 1. The van der Waals surface area contributed by atoms with Crippen LogP contribution in [-0.4, -0.2) is 24.9 Å². The Morgan fingerprint density at radius 1 is 1.05 bits per heavy atom. The van der Waals surface area contributed by atoms with Crippen molar-refractivity contribution in [3.05, 3.63) is 87.7 Å². The molecular formula is C29H30FN3O5S2. The normalized spacial score (nSPS) is 11.8. The summed E-state index contributed by atoms with van der Waals surface area (Å²) in [6.45, 7) is 10.5. The maximum atomic E-state index is 14.8. The Balaban J connectivity index is 1.79. The number of nitro groups is 1. The van der Waals surface area contributed by atoms with Crippen molar-refractivity contribution in [3.8, 4) is 27.4 Å². The van der Waals surface area contributed by atoms with Crippen molar-refractivity contribution in [1.29, 1.82) is 0 Å². The number of aromatic nitrogens is 1. The summed E-state index contributed by atoms with van der Waals surface area (Å²) in [5, 5.41) is 11.2. The van der Waals surface area contributed by atoms with Gasteiger partial charge in [0.15, 0.2) is 5.13 Å². The zero-order chi connectivity index (χ0) is 29.2. The SMILES string of the molecule is Cc1cccc(C)c1-c1nc(NS(=O)(=O)c2cccc([N+](=O)[O-])c2)sc1-c1cc(F)cc(OCCC(C)(C)C)c1. The first-order chi connectivity index (χ1) is 18.7. The predicted octanol–water partition coefficient (Wildman–Crippen LogP) is 7.76. The Bertz CT molecular complexity index is 1660. The van der Waals surface area contributed by atoms with Gasteiger partial charge in [-0.1, -0.05) is 56.4 Å². The van der Waals surface area contributed by atoms with Gasteiger partial charge in [0.1, 0.15) is 11.6 Å². The molecule has 4 rings (SSSR count). The Labute approximate surface area is 237 Å². The standard InChI is InChI=1S/C29H30FN3O5S2/c1-18-8-6-9-19(2)25(18)26-27(20-14-21(30)16-23(15-20)38-13-12-29(3,4)5)39-28(31-26)32-40(36,37)24-11-7-10-22(17-24)33(34)35/h6-11,14-17H,12-13H2,1-5H3,(H,31,32). The summed E-state index contributed by atoms with van der Waals surface area (Å²) in [7, 11) is -4.21. The number of nitro benzene ring substituents is 1. The van der Waals surface area contributed by atoms with Crippen LogP contribution in [0, 0.1) is 35.2 Å². The van der Waals surface area contributed by atoms with E-state index in [0.29, 0.717) is 28.5 Å². The number of anilines is 1. The minimum absolute atomic E-state index is 0.0404. The van der Waals surface area contributed by atoms with Gasteiger partial charge in [-0.2, -0.15) is 0 Å². The van der Waals surface area contributed by atoms with Crippen LogP contribution in [0.1, 0.15) is 38.3 Å². The van der Waals surface area contributed by atoms with E-state index in [2.05, 4.69) is 30.5 Å². The third-order valence-electron chi connectivity index (χ3n) is 6.16. The molecular weight excluding hydrogens is 553 g/mol. The quantitative estimate of drug-likeness (QED) is 0.159. The van der Waals surface area contributed by atoms with Gasteiger partial charge in [0.2, 0.25) is 0 Å². The molecule has 0 spiro atoms. The lowest BCUT2D eigenvalue weighted by molar-refractivity contribution is -0.385. The Morgan fingerprint density at radius 2 is 1.73 bits per heavy atom. The lowest BCUT2D eigenvalue weighted by Crippen LogP contribution is -2.13. The van der Waals surface area contributed by atoms with Crippen LogP contribution in [0.5, 0.6) is 5.75 Å². The molecule has 0 atom stereocenters. The molecule has 0 saturated carbocycles. The van der Waals surface area contributed by atoms with E-state index in [-0.39, 0.29) is 21.1 Å². The fourth-order valence-electron chi connectivity index (χ4n) is 4.11. The molecule has 40 heavy (non-hydrogen) atoms. The van der Waals surface area contributed by atoms with Crippen molar-refractivity contribution in [2.45, 2.75) is 45.9 Å². The van der Waals surface area contributed by atoms with Gasteiger partial charge in [-0.15, -0.1) is 0 Å². The molecule has 0 amide bonds. The maximum Gasteiger partial charge on any atom is 0.270 e. The lowest BCUT2D eigenvalue weighted by Gasteiger charge is -2.18. The topological polar surface area (TPSA) is 111 Å². The average molecular weight is 584 g/mol. The Kier molecular flexibility index (Phi) is 8.27. The molecule has 0 fully saturated rings. The number of benzene rings is 3. The first-order valence-corrected chi connectivity index (χ1v) is 14.8. The van der Waals surface area contributed by atoms with Gasteiger partial charge in [0.25, 0.3) is 15.7 Å². The lowest BCUT2D eigenvalue weighted by atomic mass is 9.93. The summed E-state index contributed by atoms with van der Waals surface area (Å²) in [5.41, 5.74) is 3.31. The van der Waals surface area contributed by atoms with Crippen LogP contribution in [0.3, 0.4) is 0 Å². The molecule has 1 heterocycles. The number of halogens is 1. The van der Waals surface area contributed by atoms with Crippen LogP contribution in [0.2, 0.25) is 0 Å². The van der Waals surface area contributed by atoms with Crippen LogP contribution in [0.4, 0.5) is 15.2 Å². The highest BCUT2D eigenvalue weighted by atomic mass is 32.2. The average Bonchev–Trinajstić information content (AvgIpc) is 3.25. The molecule has 4 aromatic rings. The molecule has 0 aliphatic carbocycles.